The summed E-state index contributed by atoms with van der Waals surface area (Å²) in [6, 6.07) is 4.86. The second-order valence-corrected chi connectivity index (χ2v) is 6.83. The van der Waals surface area contributed by atoms with E-state index >= 15 is 0 Å². The van der Waals surface area contributed by atoms with Gasteiger partial charge in [0.05, 0.1) is 17.5 Å². The van der Waals surface area contributed by atoms with Crippen LogP contribution >= 0.6 is 0 Å². The van der Waals surface area contributed by atoms with Crippen molar-refractivity contribution in [3.63, 3.8) is 0 Å². The molecule has 2 rings (SSSR count). The van der Waals surface area contributed by atoms with E-state index in [1.807, 2.05) is 4.90 Å². The van der Waals surface area contributed by atoms with Gasteiger partial charge in [-0.1, -0.05) is 6.07 Å². The van der Waals surface area contributed by atoms with Crippen LogP contribution in [0.3, 0.4) is 0 Å². The van der Waals surface area contributed by atoms with Crippen molar-refractivity contribution in [2.75, 3.05) is 23.7 Å². The first-order chi connectivity index (χ1) is 9.30. The van der Waals surface area contributed by atoms with E-state index in [0.29, 0.717) is 5.69 Å². The predicted octanol–water partition coefficient (Wildman–Crippen LogP) is 0.513. The molecule has 0 radical (unpaired) electrons. The standard InChI is InChI=1S/C13H21N3O3S/c1-9(17)10-5-7-16(8-6-10)11-3-2-4-12(13(11)14)20(15,18)19/h2-4,9-10,17H,5-8,14H2,1H3,(H2,15,18,19). The molecule has 1 fully saturated rings. The van der Waals surface area contributed by atoms with Gasteiger partial charge in [-0.3, -0.25) is 0 Å². The summed E-state index contributed by atoms with van der Waals surface area (Å²) in [5, 5.41) is 14.8. The van der Waals surface area contributed by atoms with Gasteiger partial charge in [-0.25, -0.2) is 13.6 Å². The Morgan fingerprint density at radius 1 is 1.35 bits per heavy atom. The highest BCUT2D eigenvalue weighted by Gasteiger charge is 2.25. The number of aliphatic hydroxyl groups is 1. The van der Waals surface area contributed by atoms with E-state index in [9.17, 15) is 13.5 Å². The lowest BCUT2D eigenvalue weighted by molar-refractivity contribution is 0.110. The maximum atomic E-state index is 11.5. The van der Waals surface area contributed by atoms with Gasteiger partial charge in [-0.05, 0) is 37.8 Å². The number of rotatable bonds is 3. The van der Waals surface area contributed by atoms with E-state index in [4.69, 9.17) is 10.9 Å². The van der Waals surface area contributed by atoms with E-state index in [-0.39, 0.29) is 22.6 Å². The van der Waals surface area contributed by atoms with E-state index in [1.54, 1.807) is 19.1 Å². The maximum Gasteiger partial charge on any atom is 0.240 e. The first kappa shape index (κ1) is 15.1. The zero-order valence-electron chi connectivity index (χ0n) is 11.5. The van der Waals surface area contributed by atoms with Gasteiger partial charge in [0.1, 0.15) is 4.90 Å². The number of primary sulfonamides is 1. The van der Waals surface area contributed by atoms with Crippen LogP contribution in [0.25, 0.3) is 0 Å². The van der Waals surface area contributed by atoms with Crippen molar-refractivity contribution in [2.24, 2.45) is 11.1 Å². The molecule has 1 aromatic rings. The van der Waals surface area contributed by atoms with Gasteiger partial charge in [0.2, 0.25) is 10.0 Å². The molecule has 0 amide bonds. The van der Waals surface area contributed by atoms with Crippen LogP contribution in [-0.4, -0.2) is 32.7 Å². The molecule has 1 aliphatic rings. The number of hydrogen-bond acceptors (Lipinski definition) is 5. The molecule has 1 aliphatic heterocycles. The van der Waals surface area contributed by atoms with Crippen molar-refractivity contribution in [2.45, 2.75) is 30.8 Å². The summed E-state index contributed by atoms with van der Waals surface area (Å²) >= 11 is 0. The third-order valence-electron chi connectivity index (χ3n) is 3.91. The van der Waals surface area contributed by atoms with E-state index < -0.39 is 10.0 Å². The highest BCUT2D eigenvalue weighted by atomic mass is 32.2. The van der Waals surface area contributed by atoms with E-state index in [1.165, 1.54) is 6.07 Å². The van der Waals surface area contributed by atoms with Gasteiger partial charge < -0.3 is 15.7 Å². The Balaban J connectivity index is 2.23. The fraction of sp³-hybridized carbons (Fsp3) is 0.538. The summed E-state index contributed by atoms with van der Waals surface area (Å²) in [6.07, 6.45) is 1.40. The number of nitrogens with zero attached hydrogens (tertiary/aromatic N) is 1. The molecule has 0 saturated carbocycles. The second kappa shape index (κ2) is 5.59. The minimum Gasteiger partial charge on any atom is -0.396 e. The molecule has 1 heterocycles. The normalized spacial score (nSPS) is 19.1. The van der Waals surface area contributed by atoms with Crippen LogP contribution in [0, 0.1) is 5.92 Å². The van der Waals surface area contributed by atoms with Crippen molar-refractivity contribution in [3.05, 3.63) is 18.2 Å². The van der Waals surface area contributed by atoms with Crippen LogP contribution in [-0.2, 0) is 10.0 Å². The smallest absolute Gasteiger partial charge is 0.240 e. The van der Waals surface area contributed by atoms with Crippen LogP contribution in [0.2, 0.25) is 0 Å². The van der Waals surface area contributed by atoms with Crippen molar-refractivity contribution in [1.29, 1.82) is 0 Å². The maximum absolute atomic E-state index is 11.5. The average Bonchev–Trinajstić information content (AvgIpc) is 2.37. The van der Waals surface area contributed by atoms with Crippen molar-refractivity contribution in [1.82, 2.24) is 0 Å². The molecule has 1 saturated heterocycles. The molecular formula is C13H21N3O3S. The number of aliphatic hydroxyl groups excluding tert-OH is 1. The molecule has 1 unspecified atom stereocenters. The molecule has 6 nitrogen and oxygen atoms in total. The SMILES string of the molecule is CC(O)C1CCN(c2cccc(S(N)(=O)=O)c2N)CC1. The number of para-hydroxylation sites is 1. The lowest BCUT2D eigenvalue weighted by atomic mass is 9.92. The van der Waals surface area contributed by atoms with Gasteiger partial charge >= 0.3 is 0 Å². The van der Waals surface area contributed by atoms with E-state index in [2.05, 4.69) is 0 Å². The minimum absolute atomic E-state index is 0.0346. The zero-order chi connectivity index (χ0) is 14.9. The molecule has 0 spiro atoms. The minimum atomic E-state index is -3.81. The summed E-state index contributed by atoms with van der Waals surface area (Å²) < 4.78 is 23.0. The Hall–Kier alpha value is -1.31. The Bertz CT molecular complexity index is 579. The molecule has 7 heteroatoms. The number of sulfonamides is 1. The summed E-state index contributed by atoms with van der Waals surface area (Å²) in [7, 11) is -3.81. The number of benzene rings is 1. The Morgan fingerprint density at radius 2 is 1.95 bits per heavy atom. The largest absolute Gasteiger partial charge is 0.396 e. The first-order valence-corrected chi connectivity index (χ1v) is 8.19. The van der Waals surface area contributed by atoms with Crippen LogP contribution in [0.1, 0.15) is 19.8 Å². The average molecular weight is 299 g/mol. The molecule has 0 aliphatic carbocycles. The van der Waals surface area contributed by atoms with Gasteiger partial charge in [-0.2, -0.15) is 0 Å². The van der Waals surface area contributed by atoms with Crippen LogP contribution in [0.5, 0.6) is 0 Å². The van der Waals surface area contributed by atoms with E-state index in [0.717, 1.165) is 25.9 Å². The van der Waals surface area contributed by atoms with Crippen LogP contribution in [0.15, 0.2) is 23.1 Å². The summed E-state index contributed by atoms with van der Waals surface area (Å²) in [5.74, 6) is 0.286. The second-order valence-electron chi connectivity index (χ2n) is 5.30. The Kier molecular flexibility index (Phi) is 4.22. The zero-order valence-corrected chi connectivity index (χ0v) is 12.3. The van der Waals surface area contributed by atoms with Crippen molar-refractivity contribution in [3.8, 4) is 0 Å². The first-order valence-electron chi connectivity index (χ1n) is 6.65. The number of nitrogens with two attached hydrogens (primary N) is 2. The molecule has 5 N–H and O–H groups in total. The quantitative estimate of drug-likeness (QED) is 0.705. The molecule has 112 valence electrons. The van der Waals surface area contributed by atoms with Gasteiger partial charge in [0.15, 0.2) is 0 Å². The highest BCUT2D eigenvalue weighted by Crippen LogP contribution is 2.32. The molecule has 0 aromatic heterocycles. The number of piperidine rings is 1. The lowest BCUT2D eigenvalue weighted by Gasteiger charge is -2.35. The number of hydrogen-bond donors (Lipinski definition) is 3. The summed E-state index contributed by atoms with van der Waals surface area (Å²) in [5.41, 5.74) is 6.84. The monoisotopic (exact) mass is 299 g/mol. The number of anilines is 2. The Morgan fingerprint density at radius 3 is 2.45 bits per heavy atom. The van der Waals surface area contributed by atoms with Crippen molar-refractivity contribution < 1.29 is 13.5 Å². The molecule has 20 heavy (non-hydrogen) atoms. The third kappa shape index (κ3) is 3.05. The molecule has 0 bridgehead atoms. The summed E-state index contributed by atoms with van der Waals surface area (Å²) in [6.45, 7) is 3.29. The van der Waals surface area contributed by atoms with Crippen LogP contribution in [0.4, 0.5) is 11.4 Å². The predicted molar refractivity (Wildman–Crippen MR) is 78.8 cm³/mol. The molecule has 1 atom stereocenters. The van der Waals surface area contributed by atoms with Gasteiger partial charge in [0, 0.05) is 13.1 Å². The topological polar surface area (TPSA) is 110 Å². The Labute approximate surface area is 119 Å². The van der Waals surface area contributed by atoms with Gasteiger partial charge in [0.25, 0.3) is 0 Å². The molecular weight excluding hydrogens is 278 g/mol. The summed E-state index contributed by atoms with van der Waals surface area (Å²) in [4.78, 5) is 2.01. The fourth-order valence-electron chi connectivity index (χ4n) is 2.68. The van der Waals surface area contributed by atoms with Crippen LogP contribution < -0.4 is 15.8 Å². The molecule has 1 aromatic carbocycles. The lowest BCUT2D eigenvalue weighted by Crippen LogP contribution is -2.37. The fourth-order valence-corrected chi connectivity index (χ4v) is 3.36. The van der Waals surface area contributed by atoms with Gasteiger partial charge in [-0.15, -0.1) is 0 Å². The third-order valence-corrected chi connectivity index (χ3v) is 4.88. The number of nitrogen functional groups attached to an aromatic ring is 1. The highest BCUT2D eigenvalue weighted by molar-refractivity contribution is 7.89. The van der Waals surface area contributed by atoms with Crippen molar-refractivity contribution >= 4 is 21.4 Å².